The maximum Gasteiger partial charge on any atom is 0.0348 e. The third kappa shape index (κ3) is 8.64. The van der Waals surface area contributed by atoms with Gasteiger partial charge in [0.1, 0.15) is 0 Å². The molecule has 0 spiro atoms. The number of hydrogen-bond donors (Lipinski definition) is 0. The lowest BCUT2D eigenvalue weighted by Crippen LogP contribution is -1.91. The van der Waals surface area contributed by atoms with Gasteiger partial charge in [-0.3, -0.25) is 0 Å². The van der Waals surface area contributed by atoms with Crippen LogP contribution >= 0.6 is 11.3 Å². The van der Waals surface area contributed by atoms with Crippen molar-refractivity contribution in [2.24, 2.45) is 0 Å². The van der Waals surface area contributed by atoms with Crippen LogP contribution in [0.1, 0.15) is 101 Å². The molecule has 0 saturated heterocycles. The molecule has 2 rings (SSSR count). The standard InChI is InChI=1S/C26H39S/c1-3-5-7-9-11-14-20-24-22-26(23-18-15-13-16-19-23)27-25(24)21-17-12-10-8-6-4-2/h15-16,18-19,22H,3-12,14,17,20-21H2,1-2H3. The van der Waals surface area contributed by atoms with E-state index in [1.807, 2.05) is 23.5 Å². The van der Waals surface area contributed by atoms with E-state index in [-0.39, 0.29) is 0 Å². The quantitative estimate of drug-likeness (QED) is 0.269. The second-order valence-corrected chi connectivity index (χ2v) is 9.02. The van der Waals surface area contributed by atoms with Crippen molar-refractivity contribution in [1.82, 2.24) is 0 Å². The van der Waals surface area contributed by atoms with Crippen LogP contribution in [-0.4, -0.2) is 0 Å². The third-order valence-electron chi connectivity index (χ3n) is 5.46. The summed E-state index contributed by atoms with van der Waals surface area (Å²) in [7, 11) is 0. The van der Waals surface area contributed by atoms with Gasteiger partial charge in [-0.1, -0.05) is 102 Å². The van der Waals surface area contributed by atoms with Crippen LogP contribution in [0.25, 0.3) is 10.4 Å². The van der Waals surface area contributed by atoms with Crippen LogP contribution < -0.4 is 0 Å². The molecule has 27 heavy (non-hydrogen) atoms. The minimum Gasteiger partial charge on any atom is -0.140 e. The van der Waals surface area contributed by atoms with Crippen molar-refractivity contribution in [3.8, 4) is 10.4 Å². The lowest BCUT2D eigenvalue weighted by Gasteiger charge is -2.05. The van der Waals surface area contributed by atoms with Crippen molar-refractivity contribution in [2.75, 3.05) is 0 Å². The van der Waals surface area contributed by atoms with E-state index in [0.29, 0.717) is 0 Å². The predicted octanol–water partition coefficient (Wildman–Crippen LogP) is 9.02. The van der Waals surface area contributed by atoms with E-state index < -0.39 is 0 Å². The van der Waals surface area contributed by atoms with E-state index in [9.17, 15) is 0 Å². The second-order valence-electron chi connectivity index (χ2n) is 7.88. The molecule has 0 unspecified atom stereocenters. The van der Waals surface area contributed by atoms with E-state index in [2.05, 4.69) is 38.1 Å². The average molecular weight is 384 g/mol. The van der Waals surface area contributed by atoms with Crippen LogP contribution in [0.5, 0.6) is 0 Å². The highest BCUT2D eigenvalue weighted by Gasteiger charge is 2.10. The Bertz CT molecular complexity index is 562. The SMILES string of the molecule is CCCCCCCCc1cc(-c2cc[c]cc2)sc1CCCCCCCC. The van der Waals surface area contributed by atoms with Gasteiger partial charge in [-0.15, -0.1) is 11.3 Å². The summed E-state index contributed by atoms with van der Waals surface area (Å²) in [5, 5.41) is 0. The molecule has 0 saturated carbocycles. The third-order valence-corrected chi connectivity index (χ3v) is 6.74. The molecule has 0 aliphatic heterocycles. The maximum absolute atomic E-state index is 3.15. The number of unbranched alkanes of at least 4 members (excludes halogenated alkanes) is 10. The van der Waals surface area contributed by atoms with Crippen LogP contribution in [0.15, 0.2) is 30.3 Å². The van der Waals surface area contributed by atoms with Gasteiger partial charge in [-0.25, -0.2) is 0 Å². The van der Waals surface area contributed by atoms with Crippen molar-refractivity contribution in [1.29, 1.82) is 0 Å². The number of hydrogen-bond acceptors (Lipinski definition) is 1. The zero-order valence-corrected chi connectivity index (χ0v) is 18.5. The number of aryl methyl sites for hydroxylation is 2. The van der Waals surface area contributed by atoms with E-state index >= 15 is 0 Å². The molecule has 1 radical (unpaired) electrons. The molecule has 0 N–H and O–H groups in total. The molecule has 0 aliphatic rings. The summed E-state index contributed by atoms with van der Waals surface area (Å²) >= 11 is 2.04. The molecule has 1 heteroatoms. The Labute approximate surface area is 172 Å². The van der Waals surface area contributed by atoms with Crippen molar-refractivity contribution < 1.29 is 0 Å². The summed E-state index contributed by atoms with van der Waals surface area (Å²) in [5.74, 6) is 0. The van der Waals surface area contributed by atoms with Crippen LogP contribution in [-0.2, 0) is 12.8 Å². The average Bonchev–Trinajstić information content (AvgIpc) is 3.11. The molecule has 0 nitrogen and oxygen atoms in total. The van der Waals surface area contributed by atoms with Gasteiger partial charge in [0.15, 0.2) is 0 Å². The largest absolute Gasteiger partial charge is 0.140 e. The van der Waals surface area contributed by atoms with Crippen molar-refractivity contribution in [2.45, 2.75) is 104 Å². The molecule has 0 aliphatic carbocycles. The van der Waals surface area contributed by atoms with Crippen molar-refractivity contribution in [3.05, 3.63) is 46.8 Å². The van der Waals surface area contributed by atoms with Crippen LogP contribution in [0.3, 0.4) is 0 Å². The predicted molar refractivity (Wildman–Crippen MR) is 123 cm³/mol. The minimum atomic E-state index is 1.27. The van der Waals surface area contributed by atoms with Gasteiger partial charge >= 0.3 is 0 Å². The van der Waals surface area contributed by atoms with E-state index in [4.69, 9.17) is 0 Å². The van der Waals surface area contributed by atoms with Crippen LogP contribution in [0.2, 0.25) is 0 Å². The fourth-order valence-electron chi connectivity index (χ4n) is 3.74. The topological polar surface area (TPSA) is 0 Å². The first-order valence-electron chi connectivity index (χ1n) is 11.4. The smallest absolute Gasteiger partial charge is 0.0348 e. The van der Waals surface area contributed by atoms with Crippen LogP contribution in [0, 0.1) is 6.07 Å². The summed E-state index contributed by atoms with van der Waals surface area (Å²) in [6, 6.07) is 14.1. The van der Waals surface area contributed by atoms with E-state index in [1.54, 1.807) is 10.4 Å². The second kappa shape index (κ2) is 14.0. The molecule has 0 fully saturated rings. The number of rotatable bonds is 15. The summed E-state index contributed by atoms with van der Waals surface area (Å²) in [4.78, 5) is 3.10. The molecule has 1 aromatic carbocycles. The van der Waals surface area contributed by atoms with Gasteiger partial charge in [0, 0.05) is 9.75 Å². The Morgan fingerprint density at radius 2 is 1.26 bits per heavy atom. The maximum atomic E-state index is 3.15. The first kappa shape index (κ1) is 22.2. The molecular weight excluding hydrogens is 344 g/mol. The lowest BCUT2D eigenvalue weighted by molar-refractivity contribution is 0.601. The molecule has 2 aromatic rings. The first-order valence-corrected chi connectivity index (χ1v) is 12.2. The van der Waals surface area contributed by atoms with Crippen molar-refractivity contribution >= 4 is 11.3 Å². The highest BCUT2D eigenvalue weighted by molar-refractivity contribution is 7.15. The molecule has 1 aromatic heterocycles. The fraction of sp³-hybridized carbons (Fsp3) is 0.615. The first-order chi connectivity index (χ1) is 13.3. The van der Waals surface area contributed by atoms with E-state index in [0.717, 1.165) is 0 Å². The fourth-order valence-corrected chi connectivity index (χ4v) is 5.00. The number of thiophene rings is 1. The molecule has 0 amide bonds. The van der Waals surface area contributed by atoms with Gasteiger partial charge in [0.2, 0.25) is 0 Å². The Kier molecular flexibility index (Phi) is 11.5. The molecular formula is C26H39S. The van der Waals surface area contributed by atoms with E-state index in [1.165, 1.54) is 100 Å². The number of benzene rings is 1. The minimum absolute atomic E-state index is 1.27. The van der Waals surface area contributed by atoms with Crippen LogP contribution in [0.4, 0.5) is 0 Å². The van der Waals surface area contributed by atoms with Crippen molar-refractivity contribution in [3.63, 3.8) is 0 Å². The van der Waals surface area contributed by atoms with Gasteiger partial charge < -0.3 is 0 Å². The van der Waals surface area contributed by atoms with Gasteiger partial charge in [0.25, 0.3) is 0 Å². The normalized spacial score (nSPS) is 11.2. The Hall–Kier alpha value is -1.08. The highest BCUT2D eigenvalue weighted by Crippen LogP contribution is 2.33. The molecule has 149 valence electrons. The molecule has 0 bridgehead atoms. The summed E-state index contributed by atoms with van der Waals surface area (Å²) in [6.07, 6.45) is 19.2. The van der Waals surface area contributed by atoms with Gasteiger partial charge in [-0.2, -0.15) is 0 Å². The summed E-state index contributed by atoms with van der Waals surface area (Å²) in [6.45, 7) is 4.59. The van der Waals surface area contributed by atoms with Gasteiger partial charge in [0.05, 0.1) is 0 Å². The zero-order chi connectivity index (χ0) is 19.2. The Morgan fingerprint density at radius 3 is 1.89 bits per heavy atom. The zero-order valence-electron chi connectivity index (χ0n) is 17.7. The lowest BCUT2D eigenvalue weighted by atomic mass is 10.0. The summed E-state index contributed by atoms with van der Waals surface area (Å²) in [5.41, 5.74) is 2.99. The Morgan fingerprint density at radius 1 is 0.704 bits per heavy atom. The van der Waals surface area contributed by atoms with Gasteiger partial charge in [-0.05, 0) is 48.9 Å². The molecule has 1 heterocycles. The summed E-state index contributed by atoms with van der Waals surface area (Å²) < 4.78 is 0. The highest BCUT2D eigenvalue weighted by atomic mass is 32.1. The molecule has 0 atom stereocenters. The monoisotopic (exact) mass is 383 g/mol. The Balaban J connectivity index is 1.89.